The summed E-state index contributed by atoms with van der Waals surface area (Å²) in [5.41, 5.74) is 0. The van der Waals surface area contributed by atoms with Gasteiger partial charge in [-0.1, -0.05) is 0 Å². The molecule has 1 rings (SSSR count). The second kappa shape index (κ2) is 5.65. The van der Waals surface area contributed by atoms with Crippen molar-refractivity contribution in [1.29, 1.82) is 0 Å². The first-order chi connectivity index (χ1) is 6.67. The lowest BCUT2D eigenvalue weighted by molar-refractivity contribution is 0.0730. The van der Waals surface area contributed by atoms with Gasteiger partial charge in [-0.05, 0) is 12.8 Å². The van der Waals surface area contributed by atoms with E-state index in [0.29, 0.717) is 39.1 Å². The largest absolute Gasteiger partial charge is 0.396 e. The van der Waals surface area contributed by atoms with Crippen LogP contribution < -0.4 is 0 Å². The normalized spacial score (nSPS) is 19.8. The maximum Gasteiger partial charge on any atom is 0.214 e. The summed E-state index contributed by atoms with van der Waals surface area (Å²) >= 11 is 0. The number of aliphatic hydroxyl groups excluding tert-OH is 1. The van der Waals surface area contributed by atoms with Crippen LogP contribution in [0.15, 0.2) is 0 Å². The van der Waals surface area contributed by atoms with E-state index in [1.807, 2.05) is 0 Å². The van der Waals surface area contributed by atoms with Crippen molar-refractivity contribution >= 4 is 10.0 Å². The molecule has 0 unspecified atom stereocenters. The van der Waals surface area contributed by atoms with Gasteiger partial charge in [-0.3, -0.25) is 0 Å². The third-order valence-corrected chi connectivity index (χ3v) is 4.13. The highest BCUT2D eigenvalue weighted by Gasteiger charge is 2.23. The molecule has 0 atom stereocenters. The molecular weight excluding hydrogens is 206 g/mol. The minimum Gasteiger partial charge on any atom is -0.396 e. The molecule has 1 aliphatic heterocycles. The second-order valence-corrected chi connectivity index (χ2v) is 5.35. The minimum atomic E-state index is -3.11. The van der Waals surface area contributed by atoms with Crippen molar-refractivity contribution in [3.05, 3.63) is 0 Å². The molecule has 0 amide bonds. The van der Waals surface area contributed by atoms with E-state index in [1.165, 1.54) is 4.31 Å². The number of sulfonamides is 1. The zero-order valence-electron chi connectivity index (χ0n) is 8.18. The molecular formula is C8H17NO4S. The van der Waals surface area contributed by atoms with E-state index in [-0.39, 0.29) is 12.4 Å². The Morgan fingerprint density at radius 1 is 1.21 bits per heavy atom. The minimum absolute atomic E-state index is 0.0542. The zero-order chi connectivity index (χ0) is 10.4. The summed E-state index contributed by atoms with van der Waals surface area (Å²) in [6, 6.07) is 0. The molecule has 1 heterocycles. The molecule has 5 nitrogen and oxygen atoms in total. The number of ether oxygens (including phenoxy) is 1. The van der Waals surface area contributed by atoms with Gasteiger partial charge in [0.1, 0.15) is 0 Å². The molecule has 0 saturated carbocycles. The summed E-state index contributed by atoms with van der Waals surface area (Å²) < 4.78 is 29.8. The van der Waals surface area contributed by atoms with Crippen LogP contribution in [0.5, 0.6) is 0 Å². The fourth-order valence-electron chi connectivity index (χ4n) is 1.35. The van der Waals surface area contributed by atoms with E-state index in [9.17, 15) is 8.42 Å². The Labute approximate surface area is 84.7 Å². The quantitative estimate of drug-likeness (QED) is 0.633. The summed E-state index contributed by atoms with van der Waals surface area (Å²) in [5, 5.41) is 8.55. The average molecular weight is 223 g/mol. The molecule has 0 aromatic carbocycles. The van der Waals surface area contributed by atoms with Gasteiger partial charge in [-0.25, -0.2) is 8.42 Å². The van der Waals surface area contributed by atoms with Crippen LogP contribution in [-0.4, -0.2) is 56.5 Å². The smallest absolute Gasteiger partial charge is 0.214 e. The number of nitrogens with zero attached hydrogens (tertiary/aromatic N) is 1. The molecule has 1 fully saturated rings. The Bertz CT molecular complexity index is 246. The Morgan fingerprint density at radius 3 is 2.43 bits per heavy atom. The van der Waals surface area contributed by atoms with Gasteiger partial charge in [-0.15, -0.1) is 0 Å². The predicted octanol–water partition coefficient (Wildman–Crippen LogP) is -0.579. The van der Waals surface area contributed by atoms with Gasteiger partial charge < -0.3 is 9.84 Å². The summed E-state index contributed by atoms with van der Waals surface area (Å²) in [4.78, 5) is 0. The first-order valence-corrected chi connectivity index (χ1v) is 6.44. The predicted molar refractivity (Wildman–Crippen MR) is 52.5 cm³/mol. The van der Waals surface area contributed by atoms with Crippen LogP contribution in [0, 0.1) is 0 Å². The number of unbranched alkanes of at least 4 members (excludes halogenated alkanes) is 1. The molecule has 1 N–H and O–H groups in total. The van der Waals surface area contributed by atoms with Crippen LogP contribution in [0.2, 0.25) is 0 Å². The van der Waals surface area contributed by atoms with E-state index in [0.717, 1.165) is 0 Å². The SMILES string of the molecule is O=S(=O)(CCCCO)N1CCOCC1. The van der Waals surface area contributed by atoms with Crippen molar-refractivity contribution in [3.8, 4) is 0 Å². The number of hydrogen-bond acceptors (Lipinski definition) is 4. The van der Waals surface area contributed by atoms with Crippen LogP contribution in [0.4, 0.5) is 0 Å². The van der Waals surface area contributed by atoms with Gasteiger partial charge in [0.25, 0.3) is 0 Å². The highest BCUT2D eigenvalue weighted by molar-refractivity contribution is 7.89. The van der Waals surface area contributed by atoms with Gasteiger partial charge in [0.2, 0.25) is 10.0 Å². The molecule has 14 heavy (non-hydrogen) atoms. The lowest BCUT2D eigenvalue weighted by Gasteiger charge is -2.25. The molecule has 0 bridgehead atoms. The van der Waals surface area contributed by atoms with Crippen molar-refractivity contribution in [2.24, 2.45) is 0 Å². The topological polar surface area (TPSA) is 66.8 Å². The summed E-state index contributed by atoms with van der Waals surface area (Å²) in [7, 11) is -3.11. The molecule has 1 aliphatic rings. The number of aliphatic hydroxyl groups is 1. The van der Waals surface area contributed by atoms with Crippen LogP contribution in [0.3, 0.4) is 0 Å². The van der Waals surface area contributed by atoms with Crippen LogP contribution in [0.1, 0.15) is 12.8 Å². The van der Waals surface area contributed by atoms with Crippen molar-refractivity contribution in [2.45, 2.75) is 12.8 Å². The van der Waals surface area contributed by atoms with Crippen molar-refractivity contribution in [2.75, 3.05) is 38.7 Å². The Kier molecular flexibility index (Phi) is 4.80. The Hall–Kier alpha value is -0.170. The summed E-state index contributed by atoms with van der Waals surface area (Å²) in [6.45, 7) is 1.94. The highest BCUT2D eigenvalue weighted by Crippen LogP contribution is 2.07. The first kappa shape index (κ1) is 11.9. The zero-order valence-corrected chi connectivity index (χ0v) is 9.00. The number of rotatable bonds is 5. The average Bonchev–Trinajstić information content (AvgIpc) is 2.19. The first-order valence-electron chi connectivity index (χ1n) is 4.83. The van der Waals surface area contributed by atoms with Gasteiger partial charge in [0.05, 0.1) is 19.0 Å². The van der Waals surface area contributed by atoms with Crippen molar-refractivity contribution in [3.63, 3.8) is 0 Å². The monoisotopic (exact) mass is 223 g/mol. The molecule has 6 heteroatoms. The highest BCUT2D eigenvalue weighted by atomic mass is 32.2. The van der Waals surface area contributed by atoms with E-state index >= 15 is 0 Å². The molecule has 84 valence electrons. The number of morpholine rings is 1. The number of hydrogen-bond donors (Lipinski definition) is 1. The Balaban J connectivity index is 2.38. The van der Waals surface area contributed by atoms with Gasteiger partial charge >= 0.3 is 0 Å². The summed E-state index contributed by atoms with van der Waals surface area (Å²) in [5.74, 6) is 0.133. The van der Waals surface area contributed by atoms with Crippen LogP contribution in [-0.2, 0) is 14.8 Å². The van der Waals surface area contributed by atoms with Gasteiger partial charge in [0, 0.05) is 19.7 Å². The maximum absolute atomic E-state index is 11.6. The lowest BCUT2D eigenvalue weighted by Crippen LogP contribution is -2.41. The van der Waals surface area contributed by atoms with Crippen LogP contribution in [0.25, 0.3) is 0 Å². The molecule has 0 spiro atoms. The fraction of sp³-hybridized carbons (Fsp3) is 1.00. The molecule has 0 aromatic rings. The maximum atomic E-state index is 11.6. The fourth-order valence-corrected chi connectivity index (χ4v) is 2.88. The molecule has 1 saturated heterocycles. The van der Waals surface area contributed by atoms with Crippen molar-refractivity contribution < 1.29 is 18.3 Å². The third kappa shape index (κ3) is 3.53. The van der Waals surface area contributed by atoms with Crippen LogP contribution >= 0.6 is 0 Å². The molecule has 0 radical (unpaired) electrons. The van der Waals surface area contributed by atoms with Crippen molar-refractivity contribution in [1.82, 2.24) is 4.31 Å². The lowest BCUT2D eigenvalue weighted by atomic mass is 10.4. The van der Waals surface area contributed by atoms with E-state index in [1.54, 1.807) is 0 Å². The van der Waals surface area contributed by atoms with Gasteiger partial charge in [0.15, 0.2) is 0 Å². The third-order valence-electron chi connectivity index (χ3n) is 2.17. The second-order valence-electron chi connectivity index (χ2n) is 3.26. The van der Waals surface area contributed by atoms with E-state index in [2.05, 4.69) is 0 Å². The summed E-state index contributed by atoms with van der Waals surface area (Å²) in [6.07, 6.45) is 1.07. The molecule has 0 aromatic heterocycles. The Morgan fingerprint density at radius 2 is 1.86 bits per heavy atom. The molecule has 0 aliphatic carbocycles. The van der Waals surface area contributed by atoms with E-state index < -0.39 is 10.0 Å². The van der Waals surface area contributed by atoms with E-state index in [4.69, 9.17) is 9.84 Å². The standard InChI is InChI=1S/C8H17NO4S/c10-5-1-2-8-14(11,12)9-3-6-13-7-4-9/h10H,1-8H2. The van der Waals surface area contributed by atoms with Gasteiger partial charge in [-0.2, -0.15) is 4.31 Å².